The molecule has 1 aromatic heterocycles. The Balaban J connectivity index is 2.59. The smallest absolute Gasteiger partial charge is 0.214 e. The van der Waals surface area contributed by atoms with Crippen LogP contribution in [0.2, 0.25) is 20.2 Å². The molecule has 0 fully saturated rings. The minimum absolute atomic E-state index is 0.0178. The molecule has 2 N–H and O–H groups in total. The number of ketones is 1. The molecule has 0 aliphatic rings. The second-order valence-electron chi connectivity index (χ2n) is 3.55. The van der Waals surface area contributed by atoms with Crippen LogP contribution >= 0.6 is 62.3 Å². The van der Waals surface area contributed by atoms with E-state index in [1.165, 1.54) is 12.1 Å². The molecule has 0 unspecified atom stereocenters. The molecule has 100 valence electrons. The average molecular weight is 404 g/mol. The first-order valence-corrected chi connectivity index (χ1v) is 7.08. The molecule has 0 saturated heterocycles. The van der Waals surface area contributed by atoms with Crippen LogP contribution in [0.4, 0.5) is 0 Å². The largest absolute Gasteiger partial charge is 0.506 e. The minimum atomic E-state index is -0.539. The summed E-state index contributed by atoms with van der Waals surface area (Å²) in [6.45, 7) is 0. The number of hydrogen-bond acceptors (Lipinski definition) is 2. The van der Waals surface area contributed by atoms with Crippen LogP contribution in [-0.4, -0.2) is 15.9 Å². The van der Waals surface area contributed by atoms with E-state index >= 15 is 0 Å². The van der Waals surface area contributed by atoms with E-state index in [9.17, 15) is 9.90 Å². The number of aromatic amines is 1. The number of carbonyl (C=O) groups excluding carboxylic acids is 1. The quantitative estimate of drug-likeness (QED) is 0.666. The van der Waals surface area contributed by atoms with Crippen LogP contribution in [0.15, 0.2) is 16.6 Å². The van der Waals surface area contributed by atoms with Gasteiger partial charge >= 0.3 is 0 Å². The molecule has 8 heteroatoms. The van der Waals surface area contributed by atoms with Gasteiger partial charge in [-0.15, -0.1) is 0 Å². The Morgan fingerprint density at radius 1 is 1.21 bits per heavy atom. The Bertz CT molecular complexity index is 684. The molecule has 0 spiro atoms. The van der Waals surface area contributed by atoms with Crippen LogP contribution in [0.1, 0.15) is 16.1 Å². The molecule has 0 aliphatic carbocycles. The number of nitrogens with one attached hydrogen (secondary N) is 1. The highest BCUT2D eigenvalue weighted by Crippen LogP contribution is 2.37. The van der Waals surface area contributed by atoms with Gasteiger partial charge in [-0.1, -0.05) is 46.4 Å². The van der Waals surface area contributed by atoms with Crippen molar-refractivity contribution in [2.45, 2.75) is 0 Å². The van der Waals surface area contributed by atoms with Crippen molar-refractivity contribution >= 4 is 68.1 Å². The van der Waals surface area contributed by atoms with Crippen LogP contribution in [0.5, 0.6) is 5.75 Å². The predicted molar refractivity (Wildman–Crippen MR) is 80.1 cm³/mol. The first kappa shape index (κ1) is 15.0. The highest BCUT2D eigenvalue weighted by atomic mass is 79.9. The molecular formula is C11H4BrCl4NO2. The fourth-order valence-corrected chi connectivity index (χ4v) is 2.87. The monoisotopic (exact) mass is 401 g/mol. The summed E-state index contributed by atoms with van der Waals surface area (Å²) in [5.74, 6) is -0.896. The maximum absolute atomic E-state index is 12.3. The molecule has 2 aromatic rings. The van der Waals surface area contributed by atoms with Crippen LogP contribution in [-0.2, 0) is 0 Å². The zero-order valence-electron chi connectivity index (χ0n) is 8.90. The van der Waals surface area contributed by atoms with E-state index in [1.807, 2.05) is 0 Å². The standard InChI is InChI=1S/C11H4BrCl4NO2/c12-6-7(15)11(16)17-8(6)10(19)4-1-3(13)2-5(14)9(4)18/h1-2,17-18H. The molecule has 0 atom stereocenters. The van der Waals surface area contributed by atoms with Gasteiger partial charge in [-0.2, -0.15) is 0 Å². The van der Waals surface area contributed by atoms with Gasteiger partial charge in [0, 0.05) is 5.02 Å². The molecule has 0 amide bonds. The average Bonchev–Trinajstić information content (AvgIpc) is 2.61. The zero-order valence-corrected chi connectivity index (χ0v) is 13.5. The summed E-state index contributed by atoms with van der Waals surface area (Å²) in [5, 5.41) is 10.3. The van der Waals surface area contributed by atoms with Crippen molar-refractivity contribution in [2.75, 3.05) is 0 Å². The lowest BCUT2D eigenvalue weighted by atomic mass is 10.1. The number of carbonyl (C=O) groups is 1. The van der Waals surface area contributed by atoms with Gasteiger partial charge in [0.1, 0.15) is 16.6 Å². The van der Waals surface area contributed by atoms with Crippen molar-refractivity contribution in [3.05, 3.63) is 48.1 Å². The first-order chi connectivity index (χ1) is 8.82. The predicted octanol–water partition coefficient (Wildman–Crippen LogP) is 5.33. The third-order valence-corrected chi connectivity index (χ3v) is 4.63. The fourth-order valence-electron chi connectivity index (χ4n) is 1.46. The number of benzene rings is 1. The first-order valence-electron chi connectivity index (χ1n) is 4.78. The van der Waals surface area contributed by atoms with Crippen molar-refractivity contribution in [2.24, 2.45) is 0 Å². The van der Waals surface area contributed by atoms with Crippen LogP contribution in [0.25, 0.3) is 0 Å². The number of H-pyrrole nitrogens is 1. The summed E-state index contributed by atoms with van der Waals surface area (Å²) in [6, 6.07) is 2.64. The van der Waals surface area contributed by atoms with E-state index < -0.39 is 5.78 Å². The van der Waals surface area contributed by atoms with Gasteiger partial charge in [0.15, 0.2) is 0 Å². The third kappa shape index (κ3) is 2.73. The lowest BCUT2D eigenvalue weighted by Gasteiger charge is -2.05. The SMILES string of the molecule is O=C(c1cc(Cl)cc(Cl)c1O)c1[nH]c(Cl)c(Cl)c1Br. The molecule has 0 aliphatic heterocycles. The van der Waals surface area contributed by atoms with E-state index in [0.717, 1.165) is 0 Å². The molecular weight excluding hydrogens is 400 g/mol. The molecule has 3 nitrogen and oxygen atoms in total. The van der Waals surface area contributed by atoms with Crippen LogP contribution < -0.4 is 0 Å². The summed E-state index contributed by atoms with van der Waals surface area (Å²) < 4.78 is 0.305. The Hall–Kier alpha value is -0.390. The van der Waals surface area contributed by atoms with Crippen LogP contribution in [0, 0.1) is 0 Å². The van der Waals surface area contributed by atoms with Gasteiger partial charge < -0.3 is 10.1 Å². The van der Waals surface area contributed by atoms with Crippen LogP contribution in [0.3, 0.4) is 0 Å². The lowest BCUT2D eigenvalue weighted by molar-refractivity contribution is 0.103. The van der Waals surface area contributed by atoms with E-state index in [0.29, 0.717) is 4.47 Å². The van der Waals surface area contributed by atoms with Crippen molar-refractivity contribution in [1.82, 2.24) is 4.98 Å². The zero-order chi connectivity index (χ0) is 14.3. The summed E-state index contributed by atoms with van der Waals surface area (Å²) >= 11 is 26.4. The number of aromatic nitrogens is 1. The number of hydrogen-bond donors (Lipinski definition) is 2. The normalized spacial score (nSPS) is 10.8. The molecule has 2 rings (SSSR count). The van der Waals surface area contributed by atoms with Gasteiger partial charge in [0.05, 0.1) is 20.1 Å². The maximum atomic E-state index is 12.3. The highest BCUT2D eigenvalue weighted by Gasteiger charge is 2.23. The van der Waals surface area contributed by atoms with E-state index in [-0.39, 0.29) is 37.2 Å². The lowest BCUT2D eigenvalue weighted by Crippen LogP contribution is -2.03. The van der Waals surface area contributed by atoms with E-state index in [1.54, 1.807) is 0 Å². The number of rotatable bonds is 2. The summed E-state index contributed by atoms with van der Waals surface area (Å²) in [4.78, 5) is 14.9. The number of aromatic hydroxyl groups is 1. The molecule has 0 bridgehead atoms. The maximum Gasteiger partial charge on any atom is 0.214 e. The molecule has 0 radical (unpaired) electrons. The van der Waals surface area contributed by atoms with Crippen molar-refractivity contribution in [1.29, 1.82) is 0 Å². The fraction of sp³-hybridized carbons (Fsp3) is 0. The topological polar surface area (TPSA) is 53.1 Å². The van der Waals surface area contributed by atoms with Gasteiger partial charge in [0.2, 0.25) is 5.78 Å². The highest BCUT2D eigenvalue weighted by molar-refractivity contribution is 9.10. The summed E-state index contributed by atoms with van der Waals surface area (Å²) in [7, 11) is 0. The second kappa shape index (κ2) is 5.54. The number of halogens is 5. The van der Waals surface area contributed by atoms with Gasteiger partial charge in [-0.3, -0.25) is 4.79 Å². The summed E-state index contributed by atoms with van der Waals surface area (Å²) in [5.41, 5.74) is 0.0522. The Labute approximate surface area is 136 Å². The third-order valence-electron chi connectivity index (χ3n) is 2.34. The van der Waals surface area contributed by atoms with Gasteiger partial charge in [-0.25, -0.2) is 0 Å². The van der Waals surface area contributed by atoms with Crippen molar-refractivity contribution in [3.8, 4) is 5.75 Å². The summed E-state index contributed by atoms with van der Waals surface area (Å²) in [6.07, 6.45) is 0. The van der Waals surface area contributed by atoms with Gasteiger partial charge in [-0.05, 0) is 28.1 Å². The van der Waals surface area contributed by atoms with Gasteiger partial charge in [0.25, 0.3) is 0 Å². The Morgan fingerprint density at radius 2 is 1.84 bits per heavy atom. The molecule has 1 aromatic carbocycles. The number of phenols is 1. The molecule has 1 heterocycles. The molecule has 0 saturated carbocycles. The number of phenolic OH excluding ortho intramolecular Hbond substituents is 1. The van der Waals surface area contributed by atoms with E-state index in [2.05, 4.69) is 20.9 Å². The minimum Gasteiger partial charge on any atom is -0.506 e. The Morgan fingerprint density at radius 3 is 2.37 bits per heavy atom. The molecule has 19 heavy (non-hydrogen) atoms. The second-order valence-corrected chi connectivity index (χ2v) is 5.95. The van der Waals surface area contributed by atoms with E-state index in [4.69, 9.17) is 46.4 Å². The Kier molecular flexibility index (Phi) is 4.38. The van der Waals surface area contributed by atoms with Crippen molar-refractivity contribution in [3.63, 3.8) is 0 Å². The van der Waals surface area contributed by atoms with Crippen molar-refractivity contribution < 1.29 is 9.90 Å².